The van der Waals surface area contributed by atoms with Gasteiger partial charge < -0.3 is 4.42 Å². The molecule has 0 fully saturated rings. The molecule has 0 spiro atoms. The Labute approximate surface area is 375 Å². The largest absolute Gasteiger partial charge is 0.455 e. The first-order valence-corrected chi connectivity index (χ1v) is 18.2. The van der Waals surface area contributed by atoms with E-state index in [0.717, 1.165) is 0 Å². The van der Waals surface area contributed by atoms with E-state index in [1.165, 1.54) is 0 Å². The number of thiophene rings is 2. The molecule has 0 aliphatic rings. The molecule has 0 N–H and O–H groups in total. The van der Waals surface area contributed by atoms with E-state index in [-0.39, 0.29) is 40.3 Å². The molecule has 0 aliphatic heterocycles. The van der Waals surface area contributed by atoms with Crippen LogP contribution in [-0.4, -0.2) is 15.0 Å². The van der Waals surface area contributed by atoms with Crippen LogP contribution in [0.25, 0.3) is 119 Å². The van der Waals surface area contributed by atoms with Crippen LogP contribution in [0.3, 0.4) is 0 Å². The third-order valence-corrected chi connectivity index (χ3v) is 10.9. The van der Waals surface area contributed by atoms with Crippen molar-refractivity contribution in [1.82, 2.24) is 15.0 Å². The zero-order chi connectivity index (χ0) is 62.7. The van der Waals surface area contributed by atoms with Crippen LogP contribution >= 0.6 is 22.7 Å². The van der Waals surface area contributed by atoms with Gasteiger partial charge in [-0.15, -0.1) is 22.7 Å². The summed E-state index contributed by atoms with van der Waals surface area (Å²) in [6.07, 6.45) is 0. The zero-order valence-electron chi connectivity index (χ0n) is 57.1. The molecule has 0 aliphatic carbocycles. The van der Waals surface area contributed by atoms with Crippen LogP contribution in [-0.2, 0) is 0 Å². The number of aromatic nitrogens is 3. The minimum atomic E-state index is -0.955. The highest BCUT2D eigenvalue weighted by Gasteiger charge is 2.21. The maximum atomic E-state index is 10.2. The van der Waals surface area contributed by atoms with E-state index in [2.05, 4.69) is 15.0 Å². The van der Waals surface area contributed by atoms with Gasteiger partial charge in [0.1, 0.15) is 11.2 Å². The third-order valence-electron chi connectivity index (χ3n) is 8.88. The maximum Gasteiger partial charge on any atom is 0.167 e. The molecule has 4 aromatic heterocycles. The molecule has 12 rings (SSSR count). The normalized spacial score (nSPS) is 19.0. The van der Waals surface area contributed by atoms with E-state index < -0.39 is 254 Å². The second-order valence-corrected chi connectivity index (χ2v) is 14.1. The Bertz CT molecular complexity index is 5100. The molecule has 4 nitrogen and oxygen atoms in total. The van der Waals surface area contributed by atoms with Crippen molar-refractivity contribution in [3.05, 3.63) is 175 Å². The standard InChI is InChI=1S/C51H29N3OS2/c1-3-13-30(14-4-1)49-52-50(31-15-5-2-6-16-31)54-51(53-49)40-22-12-21-38-37-20-11-19-34(47(37)55-48(38)40)33-27-41(46-39-18-8-10-24-43(39)57-45(46)29-33)32-25-26-36-35-17-7-9-23-42(35)56-44(36)28-32/h1-29H/i1D,2D,3D,4D,5D,6D,7D,8D,9D,10D,11D,12D,13D,14D,15D,16D,17D,18D,19D,20D,21D,22D,23D,24D,25D,26D,27D,28D,29D. The minimum absolute atomic E-state index is 0.0877. The second-order valence-electron chi connectivity index (χ2n) is 12.1. The lowest BCUT2D eigenvalue weighted by atomic mass is 9.93. The van der Waals surface area contributed by atoms with Gasteiger partial charge >= 0.3 is 0 Å². The summed E-state index contributed by atoms with van der Waals surface area (Å²) in [5, 5.41) is -2.13. The smallest absolute Gasteiger partial charge is 0.167 e. The van der Waals surface area contributed by atoms with Gasteiger partial charge in [-0.3, -0.25) is 0 Å². The van der Waals surface area contributed by atoms with Gasteiger partial charge in [-0.05, 0) is 52.9 Å². The number of nitrogens with zero attached hydrogens (tertiary/aromatic N) is 3. The van der Waals surface area contributed by atoms with Crippen molar-refractivity contribution in [2.24, 2.45) is 0 Å². The first-order valence-electron chi connectivity index (χ1n) is 31.1. The third kappa shape index (κ3) is 5.22. The molecule has 0 radical (unpaired) electrons. The molecular weight excluding hydrogens is 735 g/mol. The fourth-order valence-corrected chi connectivity index (χ4v) is 8.42. The summed E-state index contributed by atoms with van der Waals surface area (Å²) >= 11 is 1.28. The Morgan fingerprint density at radius 2 is 0.877 bits per heavy atom. The van der Waals surface area contributed by atoms with Crippen LogP contribution in [0.15, 0.2) is 180 Å². The quantitative estimate of drug-likeness (QED) is 0.174. The Morgan fingerprint density at radius 1 is 0.351 bits per heavy atom. The van der Waals surface area contributed by atoms with E-state index in [4.69, 9.17) is 30.5 Å². The van der Waals surface area contributed by atoms with Gasteiger partial charge in [0.25, 0.3) is 0 Å². The molecule has 0 unspecified atom stereocenters. The van der Waals surface area contributed by atoms with E-state index in [0.29, 0.717) is 22.7 Å². The molecule has 0 bridgehead atoms. The van der Waals surface area contributed by atoms with Gasteiger partial charge in [-0.1, -0.05) is 139 Å². The number of benzene rings is 8. The molecule has 6 heteroatoms. The van der Waals surface area contributed by atoms with Gasteiger partial charge in [0, 0.05) is 67.8 Å². The SMILES string of the molecule is [2H]c1c([2H])c([2H])c(-c2nc(-c3c([2H])c([2H])c([2H])c([2H])c3[2H])nc(-c3c([2H])c([2H])c([2H])c4c3oc3c(-c5c([2H])c(-c6c([2H])c([2H])c7c(sc8c([2H])c([2H])c([2H])c([2H])c87)c6[2H])c6c(sc7c([2H])c([2H])c([2H])c([2H])c76)c5[2H])c([2H])c([2H])c([2H])c34)n2)c([2H])c1[2H]. The lowest BCUT2D eigenvalue weighted by molar-refractivity contribution is 0.670. The lowest BCUT2D eigenvalue weighted by Gasteiger charge is -2.10. The molecule has 0 saturated heterocycles. The number of hydrogen-bond acceptors (Lipinski definition) is 6. The van der Waals surface area contributed by atoms with Crippen LogP contribution in [0.5, 0.6) is 0 Å². The molecule has 57 heavy (non-hydrogen) atoms. The van der Waals surface area contributed by atoms with Crippen LogP contribution in [0.4, 0.5) is 0 Å². The van der Waals surface area contributed by atoms with Crippen molar-refractivity contribution >= 4 is 85.0 Å². The highest BCUT2D eigenvalue weighted by Crippen LogP contribution is 2.46. The Kier molecular flexibility index (Phi) is 3.32. The first kappa shape index (κ1) is 14.8. The van der Waals surface area contributed by atoms with Gasteiger partial charge in [0.15, 0.2) is 17.5 Å². The lowest BCUT2D eigenvalue weighted by Crippen LogP contribution is -2.00. The molecule has 266 valence electrons. The van der Waals surface area contributed by atoms with E-state index in [1.807, 2.05) is 0 Å². The van der Waals surface area contributed by atoms with Crippen LogP contribution < -0.4 is 0 Å². The average molecular weight is 793 g/mol. The average Bonchev–Trinajstić information content (AvgIpc) is 1.74. The van der Waals surface area contributed by atoms with Crippen molar-refractivity contribution in [2.75, 3.05) is 0 Å². The highest BCUT2D eigenvalue weighted by atomic mass is 32.1. The van der Waals surface area contributed by atoms with E-state index in [9.17, 15) is 13.7 Å². The summed E-state index contributed by atoms with van der Waals surface area (Å²) in [6.45, 7) is 0. The second kappa shape index (κ2) is 12.8. The number of para-hydroxylation sites is 2. The van der Waals surface area contributed by atoms with Crippen LogP contribution in [0, 0.1) is 0 Å². The first-order chi connectivity index (χ1) is 40.3. The van der Waals surface area contributed by atoms with Crippen molar-refractivity contribution in [2.45, 2.75) is 0 Å². The number of furan rings is 1. The van der Waals surface area contributed by atoms with Crippen molar-refractivity contribution in [3.63, 3.8) is 0 Å². The molecular formula is C51H29N3OS2. The highest BCUT2D eigenvalue weighted by molar-refractivity contribution is 7.26. The monoisotopic (exact) mass is 792 g/mol. The van der Waals surface area contributed by atoms with Crippen LogP contribution in [0.2, 0.25) is 0 Å². The number of fused-ring (bicyclic) bond motifs is 9. The topological polar surface area (TPSA) is 51.8 Å². The summed E-state index contributed by atoms with van der Waals surface area (Å²) < 4.78 is 266. The maximum absolute atomic E-state index is 10.2. The molecule has 4 heterocycles. The van der Waals surface area contributed by atoms with Crippen molar-refractivity contribution in [3.8, 4) is 56.4 Å². The van der Waals surface area contributed by atoms with E-state index >= 15 is 0 Å². The Balaban J connectivity index is 1.26. The molecule has 12 aromatic rings. The fraction of sp³-hybridized carbons (Fsp3) is 0. The summed E-state index contributed by atoms with van der Waals surface area (Å²) in [6, 6.07) is -23.3. The zero-order valence-corrected chi connectivity index (χ0v) is 29.7. The molecule has 0 saturated carbocycles. The van der Waals surface area contributed by atoms with Gasteiger partial charge in [-0.2, -0.15) is 0 Å². The summed E-state index contributed by atoms with van der Waals surface area (Å²) in [5.41, 5.74) is -6.04. The summed E-state index contributed by atoms with van der Waals surface area (Å²) in [5.74, 6) is -2.43. The summed E-state index contributed by atoms with van der Waals surface area (Å²) in [7, 11) is 0. The fourth-order valence-electron chi connectivity index (χ4n) is 6.43. The van der Waals surface area contributed by atoms with Crippen LogP contribution in [0.1, 0.15) is 39.8 Å². The molecule has 8 aromatic carbocycles. The van der Waals surface area contributed by atoms with Crippen molar-refractivity contribution in [1.29, 1.82) is 0 Å². The number of rotatable bonds is 5. The van der Waals surface area contributed by atoms with E-state index in [1.54, 1.807) is 0 Å². The molecule has 0 atom stereocenters. The predicted molar refractivity (Wildman–Crippen MR) is 240 cm³/mol. The van der Waals surface area contributed by atoms with Gasteiger partial charge in [0.2, 0.25) is 0 Å². The van der Waals surface area contributed by atoms with Crippen molar-refractivity contribution < 1.29 is 44.2 Å². The predicted octanol–water partition coefficient (Wildman–Crippen LogP) is 14.8. The van der Waals surface area contributed by atoms with Gasteiger partial charge in [0.05, 0.1) is 45.3 Å². The molecule has 0 amide bonds. The summed E-state index contributed by atoms with van der Waals surface area (Å²) in [4.78, 5) is 13.0. The Morgan fingerprint density at radius 3 is 1.60 bits per heavy atom. The van der Waals surface area contributed by atoms with Gasteiger partial charge in [-0.25, -0.2) is 15.0 Å². The number of hydrogen-bond donors (Lipinski definition) is 0. The Hall–Kier alpha value is -6.99. The minimum Gasteiger partial charge on any atom is -0.455 e.